The lowest BCUT2D eigenvalue weighted by atomic mass is 9.97. The molecule has 3 rings (SSSR count). The first-order valence-electron chi connectivity index (χ1n) is 7.09. The number of hydrogen-bond acceptors (Lipinski definition) is 6. The van der Waals surface area contributed by atoms with Crippen molar-refractivity contribution < 1.29 is 19.4 Å². The van der Waals surface area contributed by atoms with Crippen molar-refractivity contribution in [1.82, 2.24) is 0 Å². The van der Waals surface area contributed by atoms with Crippen LogP contribution in [-0.4, -0.2) is 21.9 Å². The summed E-state index contributed by atoms with van der Waals surface area (Å²) >= 11 is 0. The van der Waals surface area contributed by atoms with Crippen molar-refractivity contribution in [2.24, 2.45) is 11.8 Å². The van der Waals surface area contributed by atoms with E-state index in [-0.39, 0.29) is 11.7 Å². The Kier molecular flexibility index (Phi) is 3.51. The van der Waals surface area contributed by atoms with E-state index in [0.717, 1.165) is 43.9 Å². The van der Waals surface area contributed by atoms with Gasteiger partial charge in [-0.3, -0.25) is 20.2 Å². The predicted molar refractivity (Wildman–Crippen MR) is 74.4 cm³/mol. The number of nitrogens with zero attached hydrogens (tertiary/aromatic N) is 2. The number of benzene rings is 1. The van der Waals surface area contributed by atoms with Gasteiger partial charge in [-0.2, -0.15) is 0 Å². The predicted octanol–water partition coefficient (Wildman–Crippen LogP) is 2.85. The van der Waals surface area contributed by atoms with Crippen LogP contribution < -0.4 is 0 Å². The van der Waals surface area contributed by atoms with Crippen molar-refractivity contribution in [2.75, 3.05) is 0 Å². The fourth-order valence-corrected chi connectivity index (χ4v) is 3.49. The number of carbonyl (C=O) groups is 1. The van der Waals surface area contributed by atoms with E-state index in [1.165, 1.54) is 0 Å². The zero-order valence-corrected chi connectivity index (χ0v) is 11.6. The van der Waals surface area contributed by atoms with Gasteiger partial charge >= 0.3 is 5.97 Å². The molecule has 0 amide bonds. The average Bonchev–Trinajstić information content (AvgIpc) is 3.08. The summed E-state index contributed by atoms with van der Waals surface area (Å²) in [6, 6.07) is 2.95. The number of hydrogen-bond donors (Lipinski definition) is 0. The Labute approximate surface area is 125 Å². The molecule has 1 aromatic rings. The summed E-state index contributed by atoms with van der Waals surface area (Å²) in [6.07, 6.45) is 3.82. The Morgan fingerprint density at radius 3 is 2.45 bits per heavy atom. The molecule has 0 aliphatic heterocycles. The quantitative estimate of drug-likeness (QED) is 0.480. The van der Waals surface area contributed by atoms with E-state index in [1.807, 2.05) is 0 Å². The van der Waals surface area contributed by atoms with E-state index < -0.39 is 27.2 Å². The average molecular weight is 306 g/mol. The first-order chi connectivity index (χ1) is 10.5. The third-order valence-corrected chi connectivity index (χ3v) is 4.54. The molecule has 0 saturated heterocycles. The van der Waals surface area contributed by atoms with Crippen LogP contribution in [-0.2, 0) is 4.74 Å². The molecule has 2 fully saturated rings. The summed E-state index contributed by atoms with van der Waals surface area (Å²) in [7, 11) is 0. The number of rotatable bonds is 4. The number of nitro groups is 2. The van der Waals surface area contributed by atoms with Gasteiger partial charge in [0.05, 0.1) is 15.9 Å². The summed E-state index contributed by atoms with van der Waals surface area (Å²) in [5, 5.41) is 21.7. The van der Waals surface area contributed by atoms with Gasteiger partial charge < -0.3 is 4.74 Å². The van der Waals surface area contributed by atoms with Crippen LogP contribution >= 0.6 is 0 Å². The molecule has 3 atom stereocenters. The first kappa shape index (κ1) is 14.4. The third-order valence-electron chi connectivity index (χ3n) is 4.54. The SMILES string of the molecule is O=C(O[C@@H]1C[C@@H]2CC[C@H]1C2)c1ccc([N+](=O)[O-])cc1[N+](=O)[O-]. The molecular formula is C14H14N2O6. The highest BCUT2D eigenvalue weighted by molar-refractivity contribution is 5.94. The lowest BCUT2D eigenvalue weighted by molar-refractivity contribution is -0.394. The van der Waals surface area contributed by atoms with Crippen molar-refractivity contribution in [3.8, 4) is 0 Å². The number of carbonyl (C=O) groups excluding carboxylic acids is 1. The first-order valence-corrected chi connectivity index (χ1v) is 7.09. The second-order valence-corrected chi connectivity index (χ2v) is 5.83. The fourth-order valence-electron chi connectivity index (χ4n) is 3.49. The molecule has 0 unspecified atom stereocenters. The highest BCUT2D eigenvalue weighted by Gasteiger charge is 2.42. The molecule has 2 saturated carbocycles. The van der Waals surface area contributed by atoms with Gasteiger partial charge in [0.25, 0.3) is 11.4 Å². The van der Waals surface area contributed by atoms with Crippen molar-refractivity contribution >= 4 is 17.3 Å². The highest BCUT2D eigenvalue weighted by Crippen LogP contribution is 2.46. The van der Waals surface area contributed by atoms with Gasteiger partial charge in [0.15, 0.2) is 0 Å². The maximum atomic E-state index is 12.2. The number of ether oxygens (including phenoxy) is 1. The third kappa shape index (κ3) is 2.51. The molecule has 2 bridgehead atoms. The highest BCUT2D eigenvalue weighted by atomic mass is 16.6. The monoisotopic (exact) mass is 306 g/mol. The maximum Gasteiger partial charge on any atom is 0.345 e. The second-order valence-electron chi connectivity index (χ2n) is 5.83. The van der Waals surface area contributed by atoms with Crippen molar-refractivity contribution in [3.05, 3.63) is 44.0 Å². The van der Waals surface area contributed by atoms with Gasteiger partial charge in [-0.1, -0.05) is 0 Å². The van der Waals surface area contributed by atoms with Gasteiger partial charge in [0, 0.05) is 6.07 Å². The number of non-ortho nitro benzene ring substituents is 1. The molecule has 1 aromatic carbocycles. The van der Waals surface area contributed by atoms with E-state index in [1.54, 1.807) is 0 Å². The smallest absolute Gasteiger partial charge is 0.345 e. The summed E-state index contributed by atoms with van der Waals surface area (Å²) < 4.78 is 5.41. The van der Waals surface area contributed by atoms with Crippen LogP contribution in [0.5, 0.6) is 0 Å². The van der Waals surface area contributed by atoms with E-state index in [9.17, 15) is 25.0 Å². The molecule has 0 heterocycles. The molecule has 0 aromatic heterocycles. The van der Waals surface area contributed by atoms with Gasteiger partial charge in [0.2, 0.25) is 0 Å². The van der Waals surface area contributed by atoms with Crippen LogP contribution in [0.3, 0.4) is 0 Å². The van der Waals surface area contributed by atoms with Crippen LogP contribution in [0.15, 0.2) is 18.2 Å². The molecule has 22 heavy (non-hydrogen) atoms. The second kappa shape index (κ2) is 5.36. The molecule has 0 radical (unpaired) electrons. The molecule has 2 aliphatic rings. The summed E-state index contributed by atoms with van der Waals surface area (Å²) in [5.41, 5.74) is -1.26. The Bertz CT molecular complexity index is 659. The van der Waals surface area contributed by atoms with E-state index in [0.29, 0.717) is 11.8 Å². The summed E-state index contributed by atoms with van der Waals surface area (Å²) in [5.74, 6) is 0.139. The normalized spacial score (nSPS) is 25.9. The zero-order chi connectivity index (χ0) is 15.9. The standard InChI is InChI=1S/C14H14N2O6/c17-14(22-13-6-8-1-2-9(13)5-8)11-4-3-10(15(18)19)7-12(11)16(20)21/h3-4,7-9,13H,1-2,5-6H2/t8-,9+,13-/m1/s1. The van der Waals surface area contributed by atoms with Gasteiger partial charge in [0.1, 0.15) is 11.7 Å². The molecule has 0 spiro atoms. The lowest BCUT2D eigenvalue weighted by Crippen LogP contribution is -2.24. The van der Waals surface area contributed by atoms with Crippen molar-refractivity contribution in [2.45, 2.75) is 31.8 Å². The van der Waals surface area contributed by atoms with Crippen LogP contribution in [0.2, 0.25) is 0 Å². The zero-order valence-electron chi connectivity index (χ0n) is 11.6. The molecule has 8 nitrogen and oxygen atoms in total. The fraction of sp³-hybridized carbons (Fsp3) is 0.500. The molecular weight excluding hydrogens is 292 g/mol. The van der Waals surface area contributed by atoms with Crippen LogP contribution in [0.1, 0.15) is 36.0 Å². The molecule has 2 aliphatic carbocycles. The Balaban J connectivity index is 1.82. The van der Waals surface area contributed by atoms with E-state index in [2.05, 4.69) is 0 Å². The van der Waals surface area contributed by atoms with E-state index >= 15 is 0 Å². The largest absolute Gasteiger partial charge is 0.458 e. The molecule has 116 valence electrons. The minimum atomic E-state index is -0.801. The Hall–Kier alpha value is -2.51. The number of nitro benzene ring substituents is 2. The Morgan fingerprint density at radius 1 is 1.14 bits per heavy atom. The molecule has 0 N–H and O–H groups in total. The van der Waals surface area contributed by atoms with Gasteiger partial charge in [-0.05, 0) is 43.6 Å². The summed E-state index contributed by atoms with van der Waals surface area (Å²) in [6.45, 7) is 0. The minimum absolute atomic E-state index is 0.193. The van der Waals surface area contributed by atoms with Crippen molar-refractivity contribution in [3.63, 3.8) is 0 Å². The van der Waals surface area contributed by atoms with Crippen molar-refractivity contribution in [1.29, 1.82) is 0 Å². The van der Waals surface area contributed by atoms with Crippen LogP contribution in [0.25, 0.3) is 0 Å². The Morgan fingerprint density at radius 2 is 1.91 bits per heavy atom. The van der Waals surface area contributed by atoms with Gasteiger partial charge in [-0.25, -0.2) is 4.79 Å². The molecule has 8 heteroatoms. The topological polar surface area (TPSA) is 113 Å². The maximum absolute atomic E-state index is 12.2. The van der Waals surface area contributed by atoms with Gasteiger partial charge in [-0.15, -0.1) is 0 Å². The van der Waals surface area contributed by atoms with Crippen LogP contribution in [0.4, 0.5) is 11.4 Å². The summed E-state index contributed by atoms with van der Waals surface area (Å²) in [4.78, 5) is 32.4. The van der Waals surface area contributed by atoms with Crippen LogP contribution in [0, 0.1) is 32.1 Å². The number of fused-ring (bicyclic) bond motifs is 2. The lowest BCUT2D eigenvalue weighted by Gasteiger charge is -2.21. The minimum Gasteiger partial charge on any atom is -0.458 e. The van der Waals surface area contributed by atoms with E-state index in [4.69, 9.17) is 4.74 Å². The number of esters is 1.